The van der Waals surface area contributed by atoms with E-state index in [1.54, 1.807) is 24.3 Å². The average Bonchev–Trinajstić information content (AvgIpc) is 2.46. The van der Waals surface area contributed by atoms with E-state index in [-0.39, 0.29) is 11.3 Å². The van der Waals surface area contributed by atoms with Gasteiger partial charge >= 0.3 is 0 Å². The normalized spacial score (nSPS) is 10.2. The van der Waals surface area contributed by atoms with Gasteiger partial charge in [0, 0.05) is 10.0 Å². The van der Waals surface area contributed by atoms with Crippen molar-refractivity contribution in [1.82, 2.24) is 0 Å². The van der Waals surface area contributed by atoms with Gasteiger partial charge in [0.25, 0.3) is 0 Å². The molecule has 2 rings (SSSR count). The van der Waals surface area contributed by atoms with Gasteiger partial charge in [0.1, 0.15) is 22.9 Å². The van der Waals surface area contributed by atoms with E-state index in [2.05, 4.69) is 15.9 Å². The quantitative estimate of drug-likeness (QED) is 0.794. The minimum absolute atomic E-state index is 0.0825. The summed E-state index contributed by atoms with van der Waals surface area (Å²) in [6.07, 6.45) is 0. The smallest absolute Gasteiger partial charge is 0.200 e. The first kappa shape index (κ1) is 14.5. The first-order valence-corrected chi connectivity index (χ1v) is 6.58. The highest BCUT2D eigenvalue weighted by atomic mass is 79.9. The molecule has 0 fully saturated rings. The Morgan fingerprint density at radius 1 is 1.15 bits per heavy atom. The maximum Gasteiger partial charge on any atom is 0.200 e. The lowest BCUT2D eigenvalue weighted by atomic mass is 10.0. The fourth-order valence-corrected chi connectivity index (χ4v) is 2.37. The van der Waals surface area contributed by atoms with E-state index in [4.69, 9.17) is 9.47 Å². The predicted molar refractivity (Wildman–Crippen MR) is 77.1 cm³/mol. The van der Waals surface area contributed by atoms with Gasteiger partial charge in [0.2, 0.25) is 5.78 Å². The lowest BCUT2D eigenvalue weighted by Crippen LogP contribution is -2.07. The zero-order valence-electron chi connectivity index (χ0n) is 10.9. The summed E-state index contributed by atoms with van der Waals surface area (Å²) in [6, 6.07) is 9.15. The Bertz CT molecular complexity index is 656. The SMILES string of the molecule is COc1ccc(C(=O)c2c(F)cccc2OC)c(Br)c1. The number of methoxy groups -OCH3 is 2. The summed E-state index contributed by atoms with van der Waals surface area (Å²) in [5.74, 6) is -0.252. The number of ether oxygens (including phenoxy) is 2. The molecule has 5 heteroatoms. The first-order chi connectivity index (χ1) is 9.58. The van der Waals surface area contributed by atoms with Gasteiger partial charge in [-0.2, -0.15) is 0 Å². The molecule has 0 aliphatic carbocycles. The minimum Gasteiger partial charge on any atom is -0.497 e. The van der Waals surface area contributed by atoms with Gasteiger partial charge in [-0.05, 0) is 46.3 Å². The van der Waals surface area contributed by atoms with Crippen LogP contribution in [0.3, 0.4) is 0 Å². The molecule has 0 radical (unpaired) electrons. The van der Waals surface area contributed by atoms with E-state index in [0.717, 1.165) is 0 Å². The maximum atomic E-state index is 13.9. The molecule has 0 spiro atoms. The monoisotopic (exact) mass is 338 g/mol. The Labute approximate surface area is 124 Å². The van der Waals surface area contributed by atoms with Crippen molar-refractivity contribution in [3.8, 4) is 11.5 Å². The summed E-state index contributed by atoms with van der Waals surface area (Å²) >= 11 is 3.29. The molecule has 0 unspecified atom stereocenters. The van der Waals surface area contributed by atoms with Crippen LogP contribution in [0.25, 0.3) is 0 Å². The van der Waals surface area contributed by atoms with Crippen molar-refractivity contribution in [3.05, 3.63) is 57.8 Å². The van der Waals surface area contributed by atoms with Crippen molar-refractivity contribution in [2.24, 2.45) is 0 Å². The number of carbonyl (C=O) groups excluding carboxylic acids is 1. The van der Waals surface area contributed by atoms with Crippen molar-refractivity contribution < 1.29 is 18.7 Å². The summed E-state index contributed by atoms with van der Waals surface area (Å²) < 4.78 is 24.6. The standard InChI is InChI=1S/C15H12BrFO3/c1-19-9-6-7-10(11(16)8-9)15(18)14-12(17)4-3-5-13(14)20-2/h3-8H,1-2H3. The van der Waals surface area contributed by atoms with Crippen LogP contribution in [0.4, 0.5) is 4.39 Å². The lowest BCUT2D eigenvalue weighted by Gasteiger charge is -2.10. The zero-order chi connectivity index (χ0) is 14.7. The molecule has 0 heterocycles. The highest BCUT2D eigenvalue weighted by Gasteiger charge is 2.21. The summed E-state index contributed by atoms with van der Waals surface area (Å²) in [7, 11) is 2.93. The second kappa shape index (κ2) is 6.05. The highest BCUT2D eigenvalue weighted by Crippen LogP contribution is 2.29. The number of halogens is 2. The number of ketones is 1. The van der Waals surface area contributed by atoms with Gasteiger partial charge in [0.15, 0.2) is 0 Å². The third-order valence-electron chi connectivity index (χ3n) is 2.84. The van der Waals surface area contributed by atoms with Crippen LogP contribution < -0.4 is 9.47 Å². The van der Waals surface area contributed by atoms with Gasteiger partial charge in [-0.25, -0.2) is 4.39 Å². The number of carbonyl (C=O) groups is 1. The van der Waals surface area contributed by atoms with E-state index in [1.807, 2.05) is 0 Å². The average molecular weight is 339 g/mol. The van der Waals surface area contributed by atoms with Crippen molar-refractivity contribution in [2.45, 2.75) is 0 Å². The van der Waals surface area contributed by atoms with Crippen LogP contribution in [0, 0.1) is 5.82 Å². The second-order valence-corrected chi connectivity index (χ2v) is 4.85. The van der Waals surface area contributed by atoms with Gasteiger partial charge in [-0.1, -0.05) is 6.07 Å². The number of rotatable bonds is 4. The lowest BCUT2D eigenvalue weighted by molar-refractivity contribution is 0.103. The molecule has 3 nitrogen and oxygen atoms in total. The highest BCUT2D eigenvalue weighted by molar-refractivity contribution is 9.10. The van der Waals surface area contributed by atoms with Crippen LogP contribution in [0.15, 0.2) is 40.9 Å². The molecular formula is C15H12BrFO3. The van der Waals surface area contributed by atoms with Gasteiger partial charge in [0.05, 0.1) is 14.2 Å². The number of hydrogen-bond donors (Lipinski definition) is 0. The Kier molecular flexibility index (Phi) is 4.39. The molecule has 0 aliphatic rings. The molecule has 0 saturated heterocycles. The van der Waals surface area contributed by atoms with Crippen molar-refractivity contribution >= 4 is 21.7 Å². The Morgan fingerprint density at radius 3 is 2.50 bits per heavy atom. The summed E-state index contributed by atoms with van der Waals surface area (Å²) in [4.78, 5) is 12.5. The van der Waals surface area contributed by atoms with E-state index in [1.165, 1.54) is 26.4 Å². The van der Waals surface area contributed by atoms with E-state index in [0.29, 0.717) is 15.8 Å². The molecule has 0 aromatic heterocycles. The maximum absolute atomic E-state index is 13.9. The molecule has 0 atom stereocenters. The summed E-state index contributed by atoms with van der Waals surface area (Å²) in [5, 5.41) is 0. The molecule has 0 saturated carbocycles. The van der Waals surface area contributed by atoms with Crippen molar-refractivity contribution in [1.29, 1.82) is 0 Å². The van der Waals surface area contributed by atoms with Crippen molar-refractivity contribution in [2.75, 3.05) is 14.2 Å². The molecule has 2 aromatic carbocycles. The van der Waals surface area contributed by atoms with Crippen LogP contribution in [-0.2, 0) is 0 Å². The van der Waals surface area contributed by atoms with Crippen LogP contribution in [0.5, 0.6) is 11.5 Å². The van der Waals surface area contributed by atoms with Crippen LogP contribution in [0.2, 0.25) is 0 Å². The topological polar surface area (TPSA) is 35.5 Å². The van der Waals surface area contributed by atoms with Crippen LogP contribution in [0.1, 0.15) is 15.9 Å². The molecule has 104 valence electrons. The summed E-state index contributed by atoms with van der Waals surface area (Å²) in [6.45, 7) is 0. The fraction of sp³-hybridized carbons (Fsp3) is 0.133. The predicted octanol–water partition coefficient (Wildman–Crippen LogP) is 3.84. The molecule has 0 bridgehead atoms. The van der Waals surface area contributed by atoms with E-state index >= 15 is 0 Å². The summed E-state index contributed by atoms with van der Waals surface area (Å²) in [5.41, 5.74) is 0.259. The third kappa shape index (κ3) is 2.67. The fourth-order valence-electron chi connectivity index (χ4n) is 1.84. The zero-order valence-corrected chi connectivity index (χ0v) is 12.5. The number of hydrogen-bond acceptors (Lipinski definition) is 3. The molecule has 0 amide bonds. The Morgan fingerprint density at radius 2 is 1.90 bits per heavy atom. The first-order valence-electron chi connectivity index (χ1n) is 5.79. The van der Waals surface area contributed by atoms with Gasteiger partial charge in [-0.3, -0.25) is 4.79 Å². The third-order valence-corrected chi connectivity index (χ3v) is 3.50. The van der Waals surface area contributed by atoms with Gasteiger partial charge < -0.3 is 9.47 Å². The Hall–Kier alpha value is -1.88. The Balaban J connectivity index is 2.52. The molecule has 0 aliphatic heterocycles. The molecule has 2 aromatic rings. The van der Waals surface area contributed by atoms with Crippen LogP contribution >= 0.6 is 15.9 Å². The van der Waals surface area contributed by atoms with E-state index in [9.17, 15) is 9.18 Å². The molecule has 0 N–H and O–H groups in total. The van der Waals surface area contributed by atoms with E-state index < -0.39 is 11.6 Å². The number of benzene rings is 2. The largest absolute Gasteiger partial charge is 0.497 e. The second-order valence-electron chi connectivity index (χ2n) is 3.99. The molecule has 20 heavy (non-hydrogen) atoms. The van der Waals surface area contributed by atoms with Crippen molar-refractivity contribution in [3.63, 3.8) is 0 Å². The van der Waals surface area contributed by atoms with Crippen LogP contribution in [-0.4, -0.2) is 20.0 Å². The molecular weight excluding hydrogens is 327 g/mol. The van der Waals surface area contributed by atoms with Gasteiger partial charge in [-0.15, -0.1) is 0 Å². The minimum atomic E-state index is -0.614.